The predicted octanol–water partition coefficient (Wildman–Crippen LogP) is 2.26. The molecule has 0 saturated carbocycles. The first-order valence-electron chi connectivity index (χ1n) is 7.29. The highest BCUT2D eigenvalue weighted by Gasteiger charge is 2.26. The van der Waals surface area contributed by atoms with Gasteiger partial charge in [0.2, 0.25) is 11.7 Å². The molecule has 1 aromatic heterocycles. The van der Waals surface area contributed by atoms with Crippen LogP contribution in [-0.2, 0) is 4.74 Å². The van der Waals surface area contributed by atoms with Crippen molar-refractivity contribution in [2.75, 3.05) is 26.2 Å². The molecule has 1 saturated heterocycles. The van der Waals surface area contributed by atoms with Gasteiger partial charge in [0.25, 0.3) is 0 Å². The van der Waals surface area contributed by atoms with Crippen molar-refractivity contribution in [1.82, 2.24) is 15.0 Å². The van der Waals surface area contributed by atoms with Crippen LogP contribution in [0.15, 0.2) is 4.52 Å². The minimum Gasteiger partial charge on any atom is -0.367 e. The smallest absolute Gasteiger partial charge is 0.229 e. The van der Waals surface area contributed by atoms with Crippen molar-refractivity contribution in [1.29, 1.82) is 5.26 Å². The second-order valence-electron chi connectivity index (χ2n) is 5.25. The summed E-state index contributed by atoms with van der Waals surface area (Å²) >= 11 is 0. The molecular weight excluding hydrogens is 256 g/mol. The van der Waals surface area contributed by atoms with Gasteiger partial charge in [-0.1, -0.05) is 19.0 Å². The topological polar surface area (TPSA) is 75.2 Å². The van der Waals surface area contributed by atoms with Crippen molar-refractivity contribution >= 4 is 0 Å². The van der Waals surface area contributed by atoms with Crippen LogP contribution in [0.25, 0.3) is 0 Å². The Labute approximate surface area is 119 Å². The molecule has 1 aromatic rings. The van der Waals surface area contributed by atoms with E-state index >= 15 is 0 Å². The van der Waals surface area contributed by atoms with Crippen LogP contribution in [-0.4, -0.2) is 41.3 Å². The number of morpholine rings is 1. The van der Waals surface area contributed by atoms with Crippen LogP contribution < -0.4 is 0 Å². The summed E-state index contributed by atoms with van der Waals surface area (Å²) in [7, 11) is 0. The van der Waals surface area contributed by atoms with Gasteiger partial charge in [0, 0.05) is 25.4 Å². The van der Waals surface area contributed by atoms with Crippen molar-refractivity contribution in [2.24, 2.45) is 0 Å². The van der Waals surface area contributed by atoms with E-state index in [0.29, 0.717) is 24.7 Å². The maximum Gasteiger partial charge on any atom is 0.229 e. The summed E-state index contributed by atoms with van der Waals surface area (Å²) in [5.74, 6) is 1.35. The van der Waals surface area contributed by atoms with E-state index in [9.17, 15) is 0 Å². The Morgan fingerprint density at radius 2 is 2.40 bits per heavy atom. The molecule has 2 heterocycles. The van der Waals surface area contributed by atoms with Crippen molar-refractivity contribution in [3.05, 3.63) is 11.7 Å². The minimum absolute atomic E-state index is 0.101. The fraction of sp³-hybridized carbons (Fsp3) is 0.786. The number of ether oxygens (including phenoxy) is 1. The van der Waals surface area contributed by atoms with E-state index in [-0.39, 0.29) is 12.0 Å². The van der Waals surface area contributed by atoms with Gasteiger partial charge in [0.1, 0.15) is 6.10 Å². The fourth-order valence-corrected chi connectivity index (χ4v) is 2.36. The summed E-state index contributed by atoms with van der Waals surface area (Å²) in [5.41, 5.74) is 0. The van der Waals surface area contributed by atoms with Crippen molar-refractivity contribution in [3.8, 4) is 6.07 Å². The summed E-state index contributed by atoms with van der Waals surface area (Å²) in [6, 6.07) is 2.14. The summed E-state index contributed by atoms with van der Waals surface area (Å²) in [6.07, 6.45) is 2.28. The molecule has 6 heteroatoms. The Morgan fingerprint density at radius 3 is 3.15 bits per heavy atom. The van der Waals surface area contributed by atoms with Crippen LogP contribution in [0.1, 0.15) is 56.8 Å². The molecule has 2 atom stereocenters. The molecule has 0 spiro atoms. The average Bonchev–Trinajstić information content (AvgIpc) is 2.95. The molecule has 1 fully saturated rings. The van der Waals surface area contributed by atoms with Gasteiger partial charge in [-0.2, -0.15) is 10.2 Å². The second-order valence-corrected chi connectivity index (χ2v) is 5.25. The molecule has 6 nitrogen and oxygen atoms in total. The van der Waals surface area contributed by atoms with Crippen LogP contribution in [0.2, 0.25) is 0 Å². The standard InChI is InChI=1S/C14H22N4O2/c1-3-7-18-8-9-19-12(10-18)13-16-14(20-17-13)11(2)5-4-6-15/h11-12H,3-5,7-10H2,1-2H3. The Balaban J connectivity index is 1.96. The van der Waals surface area contributed by atoms with Crippen LogP contribution in [0.3, 0.4) is 0 Å². The summed E-state index contributed by atoms with van der Waals surface area (Å²) < 4.78 is 11.0. The van der Waals surface area contributed by atoms with Gasteiger partial charge in [0.05, 0.1) is 12.7 Å². The monoisotopic (exact) mass is 278 g/mol. The van der Waals surface area contributed by atoms with Crippen molar-refractivity contribution < 1.29 is 9.26 Å². The normalized spacial score (nSPS) is 21.6. The van der Waals surface area contributed by atoms with Crippen molar-refractivity contribution in [3.63, 3.8) is 0 Å². The lowest BCUT2D eigenvalue weighted by atomic mass is 10.1. The van der Waals surface area contributed by atoms with Crippen LogP contribution in [0.5, 0.6) is 0 Å². The highest BCUT2D eigenvalue weighted by Crippen LogP contribution is 2.23. The van der Waals surface area contributed by atoms with E-state index < -0.39 is 0 Å². The number of nitriles is 1. The molecule has 20 heavy (non-hydrogen) atoms. The third kappa shape index (κ3) is 3.78. The molecule has 2 unspecified atom stereocenters. The zero-order valence-electron chi connectivity index (χ0n) is 12.2. The number of hydrogen-bond acceptors (Lipinski definition) is 6. The Morgan fingerprint density at radius 1 is 1.55 bits per heavy atom. The maximum atomic E-state index is 8.61. The third-order valence-electron chi connectivity index (χ3n) is 3.55. The molecule has 0 amide bonds. The third-order valence-corrected chi connectivity index (χ3v) is 3.55. The van der Waals surface area contributed by atoms with E-state index in [4.69, 9.17) is 14.5 Å². The minimum atomic E-state index is -0.101. The zero-order chi connectivity index (χ0) is 14.4. The predicted molar refractivity (Wildman–Crippen MR) is 73.0 cm³/mol. The molecule has 0 radical (unpaired) electrons. The molecule has 0 N–H and O–H groups in total. The summed E-state index contributed by atoms with van der Waals surface area (Å²) in [6.45, 7) is 7.74. The zero-order valence-corrected chi connectivity index (χ0v) is 12.2. The first kappa shape index (κ1) is 14.9. The molecular formula is C14H22N4O2. The van der Waals surface area contributed by atoms with Gasteiger partial charge in [-0.05, 0) is 19.4 Å². The number of nitrogens with zero attached hydrogens (tertiary/aromatic N) is 4. The molecule has 1 aliphatic heterocycles. The van der Waals surface area contributed by atoms with Gasteiger partial charge < -0.3 is 9.26 Å². The number of hydrogen-bond donors (Lipinski definition) is 0. The SMILES string of the molecule is CCCN1CCOC(c2noc(C(C)CCC#N)n2)C1. The second kappa shape index (κ2) is 7.36. The van der Waals surface area contributed by atoms with Crippen LogP contribution in [0.4, 0.5) is 0 Å². The van der Waals surface area contributed by atoms with Crippen LogP contribution in [0, 0.1) is 11.3 Å². The highest BCUT2D eigenvalue weighted by molar-refractivity contribution is 4.98. The lowest BCUT2D eigenvalue weighted by molar-refractivity contribution is -0.0350. The summed E-state index contributed by atoms with van der Waals surface area (Å²) in [5, 5.41) is 12.7. The summed E-state index contributed by atoms with van der Waals surface area (Å²) in [4.78, 5) is 6.81. The molecule has 2 rings (SSSR count). The largest absolute Gasteiger partial charge is 0.367 e. The van der Waals surface area contributed by atoms with E-state index in [0.717, 1.165) is 32.5 Å². The van der Waals surface area contributed by atoms with Gasteiger partial charge in [0.15, 0.2) is 0 Å². The van der Waals surface area contributed by atoms with Gasteiger partial charge in [-0.15, -0.1) is 0 Å². The first-order valence-corrected chi connectivity index (χ1v) is 7.29. The van der Waals surface area contributed by atoms with E-state index in [1.54, 1.807) is 0 Å². The van der Waals surface area contributed by atoms with Gasteiger partial charge in [-0.3, -0.25) is 4.90 Å². The average molecular weight is 278 g/mol. The van der Waals surface area contributed by atoms with E-state index in [2.05, 4.69) is 28.0 Å². The van der Waals surface area contributed by atoms with E-state index in [1.807, 2.05) is 6.92 Å². The number of rotatable bonds is 6. The first-order chi connectivity index (χ1) is 9.74. The van der Waals surface area contributed by atoms with Gasteiger partial charge in [-0.25, -0.2) is 0 Å². The Kier molecular flexibility index (Phi) is 5.50. The quantitative estimate of drug-likeness (QED) is 0.794. The fourth-order valence-electron chi connectivity index (χ4n) is 2.36. The molecule has 110 valence electrons. The Hall–Kier alpha value is -1.45. The maximum absolute atomic E-state index is 8.61. The lowest BCUT2D eigenvalue weighted by Gasteiger charge is -2.30. The van der Waals surface area contributed by atoms with E-state index in [1.165, 1.54) is 0 Å². The molecule has 1 aliphatic rings. The molecule has 0 bridgehead atoms. The molecule has 0 aliphatic carbocycles. The van der Waals surface area contributed by atoms with Crippen molar-refractivity contribution in [2.45, 2.75) is 45.1 Å². The lowest BCUT2D eigenvalue weighted by Crippen LogP contribution is -2.39. The molecule has 0 aromatic carbocycles. The highest BCUT2D eigenvalue weighted by atomic mass is 16.5. The Bertz CT molecular complexity index is 452. The van der Waals surface area contributed by atoms with Gasteiger partial charge >= 0.3 is 0 Å². The van der Waals surface area contributed by atoms with Crippen LogP contribution >= 0.6 is 0 Å². The number of aromatic nitrogens is 2.